The van der Waals surface area contributed by atoms with Gasteiger partial charge >= 0.3 is 11.7 Å². The Morgan fingerprint density at radius 2 is 2.11 bits per heavy atom. The minimum Gasteiger partial charge on any atom is -0.462 e. The van der Waals surface area contributed by atoms with Crippen molar-refractivity contribution in [1.82, 2.24) is 24.1 Å². The van der Waals surface area contributed by atoms with E-state index in [1.165, 1.54) is 26.5 Å². The highest BCUT2D eigenvalue weighted by Crippen LogP contribution is 2.10. The fraction of sp³-hybridized carbons (Fsp3) is 0.455. The standard InChI is InChI=1S/C11H15N5O3/c1-4-19-10(17)8-5-12-15(3)9(8)6-16-11(18)14(2)7-13-16/h5,7H,4,6H2,1-3H3. The zero-order valence-corrected chi connectivity index (χ0v) is 11.0. The number of nitrogens with zero attached hydrogens (tertiary/aromatic N) is 5. The number of hydrogen-bond donors (Lipinski definition) is 0. The Kier molecular flexibility index (Phi) is 3.50. The lowest BCUT2D eigenvalue weighted by atomic mass is 10.2. The Hall–Kier alpha value is -2.38. The summed E-state index contributed by atoms with van der Waals surface area (Å²) in [4.78, 5) is 23.5. The fourth-order valence-electron chi connectivity index (χ4n) is 1.70. The van der Waals surface area contributed by atoms with Crippen LogP contribution in [0.1, 0.15) is 23.0 Å². The van der Waals surface area contributed by atoms with E-state index in [9.17, 15) is 9.59 Å². The predicted molar refractivity (Wildman–Crippen MR) is 65.7 cm³/mol. The number of ether oxygens (including phenoxy) is 1. The highest BCUT2D eigenvalue weighted by Gasteiger charge is 2.18. The van der Waals surface area contributed by atoms with Crippen molar-refractivity contribution >= 4 is 5.97 Å². The zero-order valence-electron chi connectivity index (χ0n) is 11.0. The molecule has 0 aliphatic rings. The van der Waals surface area contributed by atoms with Crippen LogP contribution in [0, 0.1) is 0 Å². The summed E-state index contributed by atoms with van der Waals surface area (Å²) in [6.45, 7) is 2.19. The molecule has 0 aliphatic carbocycles. The van der Waals surface area contributed by atoms with Gasteiger partial charge in [-0.2, -0.15) is 10.2 Å². The molecule has 0 atom stereocenters. The first kappa shape index (κ1) is 13.1. The molecule has 0 spiro atoms. The van der Waals surface area contributed by atoms with Crippen molar-refractivity contribution < 1.29 is 9.53 Å². The number of carbonyl (C=O) groups is 1. The normalized spacial score (nSPS) is 10.7. The third kappa shape index (κ3) is 2.42. The lowest BCUT2D eigenvalue weighted by molar-refractivity contribution is 0.0524. The van der Waals surface area contributed by atoms with Gasteiger partial charge < -0.3 is 4.74 Å². The summed E-state index contributed by atoms with van der Waals surface area (Å²) in [6.07, 6.45) is 2.85. The Morgan fingerprint density at radius 3 is 2.68 bits per heavy atom. The molecule has 19 heavy (non-hydrogen) atoms. The van der Waals surface area contributed by atoms with E-state index in [-0.39, 0.29) is 18.8 Å². The Morgan fingerprint density at radius 1 is 1.37 bits per heavy atom. The van der Waals surface area contributed by atoms with Crippen molar-refractivity contribution in [3.05, 3.63) is 34.3 Å². The van der Waals surface area contributed by atoms with Crippen molar-refractivity contribution in [2.45, 2.75) is 13.5 Å². The molecule has 0 saturated carbocycles. The van der Waals surface area contributed by atoms with Gasteiger partial charge in [0.1, 0.15) is 11.9 Å². The molecule has 0 aromatic carbocycles. The highest BCUT2D eigenvalue weighted by atomic mass is 16.5. The molecule has 2 heterocycles. The molecule has 8 nitrogen and oxygen atoms in total. The van der Waals surface area contributed by atoms with E-state index in [0.717, 1.165) is 0 Å². The summed E-state index contributed by atoms with van der Waals surface area (Å²) < 4.78 is 9.11. The molecule has 0 amide bonds. The third-order valence-electron chi connectivity index (χ3n) is 2.74. The third-order valence-corrected chi connectivity index (χ3v) is 2.74. The van der Waals surface area contributed by atoms with Crippen LogP contribution >= 0.6 is 0 Å². The average Bonchev–Trinajstić information content (AvgIpc) is 2.88. The minimum absolute atomic E-state index is 0.171. The zero-order chi connectivity index (χ0) is 14.0. The molecule has 0 radical (unpaired) electrons. The summed E-state index contributed by atoms with van der Waals surface area (Å²) in [5, 5.41) is 7.97. The second-order valence-corrected chi connectivity index (χ2v) is 4.03. The van der Waals surface area contributed by atoms with Gasteiger partial charge in [0.2, 0.25) is 0 Å². The second kappa shape index (κ2) is 5.09. The lowest BCUT2D eigenvalue weighted by Gasteiger charge is -2.05. The molecule has 8 heteroatoms. The SMILES string of the molecule is CCOC(=O)c1cnn(C)c1Cn1ncn(C)c1=O. The van der Waals surface area contributed by atoms with Crippen molar-refractivity contribution in [2.75, 3.05) is 6.61 Å². The Bertz CT molecular complexity index is 652. The van der Waals surface area contributed by atoms with Crippen LogP contribution in [-0.2, 0) is 25.4 Å². The minimum atomic E-state index is -0.449. The fourth-order valence-corrected chi connectivity index (χ4v) is 1.70. The molecule has 0 fully saturated rings. The summed E-state index contributed by atoms with van der Waals surface area (Å²) in [5.74, 6) is -0.449. The number of aromatic nitrogens is 5. The summed E-state index contributed by atoms with van der Waals surface area (Å²) in [7, 11) is 3.31. The molecule has 2 rings (SSSR count). The Labute approximate surface area is 109 Å². The maximum absolute atomic E-state index is 11.8. The molecule has 2 aromatic heterocycles. The maximum atomic E-state index is 11.8. The van der Waals surface area contributed by atoms with Crippen LogP contribution < -0.4 is 5.69 Å². The quantitative estimate of drug-likeness (QED) is 0.698. The molecule has 102 valence electrons. The molecule has 0 aliphatic heterocycles. The first-order valence-electron chi connectivity index (χ1n) is 5.81. The van der Waals surface area contributed by atoms with Crippen LogP contribution in [0.2, 0.25) is 0 Å². The van der Waals surface area contributed by atoms with Crippen molar-refractivity contribution in [1.29, 1.82) is 0 Å². The van der Waals surface area contributed by atoms with E-state index in [1.54, 1.807) is 21.0 Å². The van der Waals surface area contributed by atoms with E-state index >= 15 is 0 Å². The summed E-state index contributed by atoms with van der Waals surface area (Å²) in [6, 6.07) is 0. The first-order valence-corrected chi connectivity index (χ1v) is 5.81. The van der Waals surface area contributed by atoms with Gasteiger partial charge in [0.05, 0.1) is 25.0 Å². The van der Waals surface area contributed by atoms with Gasteiger partial charge in [0, 0.05) is 14.1 Å². The monoisotopic (exact) mass is 265 g/mol. The van der Waals surface area contributed by atoms with Gasteiger partial charge in [-0.3, -0.25) is 9.25 Å². The maximum Gasteiger partial charge on any atom is 0.345 e. The Balaban J connectivity index is 2.35. The van der Waals surface area contributed by atoms with Crippen LogP contribution in [0.3, 0.4) is 0 Å². The van der Waals surface area contributed by atoms with Gasteiger partial charge in [-0.15, -0.1) is 0 Å². The number of esters is 1. The van der Waals surface area contributed by atoms with Crippen LogP contribution in [-0.4, -0.2) is 36.7 Å². The average molecular weight is 265 g/mol. The van der Waals surface area contributed by atoms with Crippen LogP contribution in [0.5, 0.6) is 0 Å². The van der Waals surface area contributed by atoms with Gasteiger partial charge in [-0.25, -0.2) is 14.3 Å². The molecule has 2 aromatic rings. The van der Waals surface area contributed by atoms with Gasteiger partial charge in [0.15, 0.2) is 0 Å². The van der Waals surface area contributed by atoms with Gasteiger partial charge in [-0.1, -0.05) is 0 Å². The molecule has 0 saturated heterocycles. The molecular weight excluding hydrogens is 250 g/mol. The van der Waals surface area contributed by atoms with Crippen molar-refractivity contribution in [3.8, 4) is 0 Å². The largest absolute Gasteiger partial charge is 0.462 e. The molecule has 0 bridgehead atoms. The van der Waals surface area contributed by atoms with Crippen LogP contribution in [0.25, 0.3) is 0 Å². The topological polar surface area (TPSA) is 83.9 Å². The van der Waals surface area contributed by atoms with Gasteiger partial charge in [-0.05, 0) is 6.92 Å². The summed E-state index contributed by atoms with van der Waals surface area (Å²) in [5.41, 5.74) is 0.678. The van der Waals surface area contributed by atoms with E-state index in [0.29, 0.717) is 11.3 Å². The first-order chi connectivity index (χ1) is 9.04. The van der Waals surface area contributed by atoms with Crippen LogP contribution in [0.4, 0.5) is 0 Å². The van der Waals surface area contributed by atoms with Crippen LogP contribution in [0.15, 0.2) is 17.3 Å². The number of carbonyl (C=O) groups excluding carboxylic acids is 1. The second-order valence-electron chi connectivity index (χ2n) is 4.03. The lowest BCUT2D eigenvalue weighted by Crippen LogP contribution is -2.25. The van der Waals surface area contributed by atoms with E-state index in [1.807, 2.05) is 0 Å². The van der Waals surface area contributed by atoms with E-state index < -0.39 is 5.97 Å². The molecular formula is C11H15N5O3. The highest BCUT2D eigenvalue weighted by molar-refractivity contribution is 5.90. The molecule has 0 N–H and O–H groups in total. The predicted octanol–water partition coefficient (Wildman–Crippen LogP) is -0.460. The molecule has 0 unspecified atom stereocenters. The number of aryl methyl sites for hydroxylation is 2. The van der Waals surface area contributed by atoms with Crippen molar-refractivity contribution in [3.63, 3.8) is 0 Å². The van der Waals surface area contributed by atoms with E-state index in [2.05, 4.69) is 10.2 Å². The van der Waals surface area contributed by atoms with Crippen molar-refractivity contribution in [2.24, 2.45) is 14.1 Å². The summed E-state index contributed by atoms with van der Waals surface area (Å²) >= 11 is 0. The van der Waals surface area contributed by atoms with E-state index in [4.69, 9.17) is 4.74 Å². The number of hydrogen-bond acceptors (Lipinski definition) is 5. The number of rotatable bonds is 4. The van der Waals surface area contributed by atoms with Gasteiger partial charge in [0.25, 0.3) is 0 Å². The smallest absolute Gasteiger partial charge is 0.345 e.